The van der Waals surface area contributed by atoms with E-state index in [0.29, 0.717) is 45.5 Å². The molecule has 0 unspecified atom stereocenters. The van der Waals surface area contributed by atoms with Gasteiger partial charge in [-0.3, -0.25) is 0 Å². The third kappa shape index (κ3) is 3.18. The van der Waals surface area contributed by atoms with E-state index in [1.165, 1.54) is 0 Å². The molecular formula is C19H15Cl2N5O. The molecule has 6 nitrogen and oxygen atoms in total. The van der Waals surface area contributed by atoms with E-state index in [1.807, 2.05) is 28.8 Å². The number of ether oxygens (including phenoxy) is 1. The largest absolute Gasteiger partial charge is 0.496 e. The molecular weight excluding hydrogens is 385 g/mol. The van der Waals surface area contributed by atoms with Gasteiger partial charge in [0.1, 0.15) is 5.75 Å². The number of para-hydroxylation sites is 1. The second-order valence-corrected chi connectivity index (χ2v) is 6.69. The van der Waals surface area contributed by atoms with Crippen LogP contribution < -0.4 is 10.5 Å². The molecule has 2 aliphatic heterocycles. The molecule has 136 valence electrons. The van der Waals surface area contributed by atoms with Gasteiger partial charge in [0.15, 0.2) is 23.2 Å². The summed E-state index contributed by atoms with van der Waals surface area (Å²) in [5.41, 5.74) is 8.10. The summed E-state index contributed by atoms with van der Waals surface area (Å²) < 4.78 is 7.24. The Morgan fingerprint density at radius 2 is 1.78 bits per heavy atom. The number of imidazole rings is 1. The lowest BCUT2D eigenvalue weighted by Crippen LogP contribution is -2.09. The van der Waals surface area contributed by atoms with Crippen molar-refractivity contribution in [3.8, 4) is 28.7 Å². The molecule has 0 fully saturated rings. The zero-order valence-electron chi connectivity index (χ0n) is 14.4. The quantitative estimate of drug-likeness (QED) is 0.550. The summed E-state index contributed by atoms with van der Waals surface area (Å²) in [5, 5.41) is 1.15. The second-order valence-electron chi connectivity index (χ2n) is 5.88. The summed E-state index contributed by atoms with van der Waals surface area (Å²) in [6.07, 6.45) is 1.61. The Labute approximate surface area is 165 Å². The second kappa shape index (κ2) is 7.06. The van der Waals surface area contributed by atoms with Crippen molar-refractivity contribution >= 4 is 29.0 Å². The Morgan fingerprint density at radius 1 is 1.04 bits per heavy atom. The SMILES string of the molecule is COc1ccccc1-c1nc2c(N)ncn(Cc3c(Cl)cccc3Cl)c-2n1. The maximum Gasteiger partial charge on any atom is 0.166 e. The minimum absolute atomic E-state index is 0.306. The van der Waals surface area contributed by atoms with Crippen molar-refractivity contribution in [1.82, 2.24) is 19.5 Å². The monoisotopic (exact) mass is 399 g/mol. The Kier molecular flexibility index (Phi) is 4.59. The Morgan fingerprint density at radius 3 is 2.52 bits per heavy atom. The number of nitrogens with two attached hydrogens (primary N) is 1. The van der Waals surface area contributed by atoms with E-state index in [4.69, 9.17) is 33.7 Å². The topological polar surface area (TPSA) is 78.9 Å². The maximum atomic E-state index is 6.31. The highest BCUT2D eigenvalue weighted by Gasteiger charge is 2.22. The van der Waals surface area contributed by atoms with Crippen LogP contribution in [0.3, 0.4) is 0 Å². The van der Waals surface area contributed by atoms with Crippen LogP contribution in [0.5, 0.6) is 5.75 Å². The van der Waals surface area contributed by atoms with Crippen molar-refractivity contribution in [3.63, 3.8) is 0 Å². The van der Waals surface area contributed by atoms with E-state index in [1.54, 1.807) is 31.6 Å². The molecule has 2 aromatic carbocycles. The Bertz CT molecular complexity index is 1080. The van der Waals surface area contributed by atoms with Gasteiger partial charge in [-0.25, -0.2) is 15.0 Å². The maximum absolute atomic E-state index is 6.31. The van der Waals surface area contributed by atoms with Crippen LogP contribution in [0.2, 0.25) is 10.0 Å². The number of aromatic nitrogens is 4. The number of nitrogen functional groups attached to an aromatic ring is 1. The van der Waals surface area contributed by atoms with Gasteiger partial charge < -0.3 is 15.0 Å². The molecule has 0 bridgehead atoms. The number of anilines is 1. The number of nitrogens with zero attached hydrogens (tertiary/aromatic N) is 4. The number of rotatable bonds is 4. The van der Waals surface area contributed by atoms with Crippen LogP contribution in [-0.4, -0.2) is 26.6 Å². The van der Waals surface area contributed by atoms with Gasteiger partial charge in [-0.2, -0.15) is 0 Å². The fourth-order valence-electron chi connectivity index (χ4n) is 2.87. The average Bonchev–Trinajstić information content (AvgIpc) is 3.13. The number of hydrogen-bond acceptors (Lipinski definition) is 5. The molecule has 27 heavy (non-hydrogen) atoms. The molecule has 2 aliphatic rings. The van der Waals surface area contributed by atoms with Gasteiger partial charge >= 0.3 is 0 Å². The lowest BCUT2D eigenvalue weighted by Gasteiger charge is -2.13. The van der Waals surface area contributed by atoms with Crippen molar-refractivity contribution in [2.75, 3.05) is 12.8 Å². The van der Waals surface area contributed by atoms with Crippen molar-refractivity contribution in [2.45, 2.75) is 6.54 Å². The Balaban J connectivity index is 1.85. The molecule has 2 heterocycles. The molecule has 0 saturated heterocycles. The summed E-state index contributed by atoms with van der Waals surface area (Å²) in [5.74, 6) is 2.10. The fraction of sp³-hybridized carbons (Fsp3) is 0.105. The summed E-state index contributed by atoms with van der Waals surface area (Å²) in [7, 11) is 1.61. The molecule has 0 aliphatic carbocycles. The van der Waals surface area contributed by atoms with E-state index < -0.39 is 0 Å². The van der Waals surface area contributed by atoms with Crippen LogP contribution in [0.25, 0.3) is 22.9 Å². The van der Waals surface area contributed by atoms with Gasteiger partial charge in [-0.1, -0.05) is 41.4 Å². The van der Waals surface area contributed by atoms with Gasteiger partial charge in [-0.15, -0.1) is 0 Å². The highest BCUT2D eigenvalue weighted by Crippen LogP contribution is 2.34. The van der Waals surface area contributed by atoms with Crippen LogP contribution in [0.15, 0.2) is 48.8 Å². The van der Waals surface area contributed by atoms with Crippen molar-refractivity contribution < 1.29 is 4.74 Å². The zero-order valence-corrected chi connectivity index (χ0v) is 15.9. The molecule has 0 spiro atoms. The standard InChI is InChI=1S/C19H15Cl2N5O/c1-27-15-8-3-2-5-11(15)18-24-16-17(22)23-10-26(19(16)25-18)9-12-13(20)6-4-7-14(12)21/h2-8,10H,9,22H2,1H3. The van der Waals surface area contributed by atoms with Crippen LogP contribution in [0.1, 0.15) is 5.56 Å². The first-order valence-electron chi connectivity index (χ1n) is 8.13. The van der Waals surface area contributed by atoms with Gasteiger partial charge in [0.05, 0.1) is 25.5 Å². The van der Waals surface area contributed by atoms with Gasteiger partial charge in [0, 0.05) is 15.6 Å². The van der Waals surface area contributed by atoms with E-state index >= 15 is 0 Å². The molecule has 4 rings (SSSR count). The minimum Gasteiger partial charge on any atom is -0.496 e. The smallest absolute Gasteiger partial charge is 0.166 e. The zero-order chi connectivity index (χ0) is 19.0. The van der Waals surface area contributed by atoms with E-state index in [-0.39, 0.29) is 0 Å². The molecule has 0 aromatic heterocycles. The fourth-order valence-corrected chi connectivity index (χ4v) is 3.39. The van der Waals surface area contributed by atoms with Crippen LogP contribution in [0.4, 0.5) is 5.82 Å². The normalized spacial score (nSPS) is 11.1. The first-order valence-corrected chi connectivity index (χ1v) is 8.88. The van der Waals surface area contributed by atoms with Crippen molar-refractivity contribution in [1.29, 1.82) is 0 Å². The molecule has 0 atom stereocenters. The molecule has 0 amide bonds. The number of fused-ring (bicyclic) bond motifs is 1. The summed E-state index contributed by atoms with van der Waals surface area (Å²) >= 11 is 12.6. The van der Waals surface area contributed by atoms with Gasteiger partial charge in [0.2, 0.25) is 0 Å². The molecule has 0 saturated carbocycles. The predicted molar refractivity (Wildman–Crippen MR) is 106 cm³/mol. The minimum atomic E-state index is 0.306. The summed E-state index contributed by atoms with van der Waals surface area (Å²) in [6.45, 7) is 0.395. The lowest BCUT2D eigenvalue weighted by atomic mass is 10.2. The number of halogens is 2. The lowest BCUT2D eigenvalue weighted by molar-refractivity contribution is 0.416. The number of methoxy groups -OCH3 is 1. The van der Waals surface area contributed by atoms with Crippen molar-refractivity contribution in [3.05, 3.63) is 64.4 Å². The van der Waals surface area contributed by atoms with E-state index in [0.717, 1.165) is 11.1 Å². The first kappa shape index (κ1) is 17.6. The highest BCUT2D eigenvalue weighted by atomic mass is 35.5. The highest BCUT2D eigenvalue weighted by molar-refractivity contribution is 6.36. The van der Waals surface area contributed by atoms with Gasteiger partial charge in [-0.05, 0) is 24.3 Å². The van der Waals surface area contributed by atoms with Gasteiger partial charge in [0.25, 0.3) is 0 Å². The molecule has 8 heteroatoms. The predicted octanol–water partition coefficient (Wildman–Crippen LogP) is 4.39. The summed E-state index contributed by atoms with van der Waals surface area (Å²) in [6, 6.07) is 12.9. The van der Waals surface area contributed by atoms with Crippen LogP contribution in [0, 0.1) is 0 Å². The molecule has 0 radical (unpaired) electrons. The first-order chi connectivity index (χ1) is 13.1. The van der Waals surface area contributed by atoms with E-state index in [9.17, 15) is 0 Å². The average molecular weight is 400 g/mol. The Hall–Kier alpha value is -2.83. The third-order valence-electron chi connectivity index (χ3n) is 4.23. The molecule has 2 N–H and O–H groups in total. The number of benzene rings is 2. The summed E-state index contributed by atoms with van der Waals surface area (Å²) in [4.78, 5) is 13.5. The molecule has 2 aromatic rings. The third-order valence-corrected chi connectivity index (χ3v) is 4.94. The van der Waals surface area contributed by atoms with Crippen molar-refractivity contribution in [2.24, 2.45) is 0 Å². The number of hydrogen-bond donors (Lipinski definition) is 1. The van der Waals surface area contributed by atoms with Crippen LogP contribution >= 0.6 is 23.2 Å². The van der Waals surface area contributed by atoms with E-state index in [2.05, 4.69) is 15.0 Å². The van der Waals surface area contributed by atoms with Crippen LogP contribution in [-0.2, 0) is 6.54 Å².